The Labute approximate surface area is 106 Å². The largest absolute Gasteiger partial charge is 0.396 e. The first kappa shape index (κ1) is 12.4. The van der Waals surface area contributed by atoms with Gasteiger partial charge in [-0.25, -0.2) is 0 Å². The zero-order valence-corrected chi connectivity index (χ0v) is 10.6. The fraction of sp³-hybridized carbons (Fsp3) is 0.0769. The van der Waals surface area contributed by atoms with Gasteiger partial charge in [-0.2, -0.15) is 8.42 Å². The van der Waals surface area contributed by atoms with Gasteiger partial charge >= 0.3 is 10.1 Å². The van der Waals surface area contributed by atoms with Crippen LogP contribution < -0.4 is 9.92 Å². The van der Waals surface area contributed by atoms with Gasteiger partial charge in [0.2, 0.25) is 0 Å². The SMILES string of the molecule is Cc1ccc(S(=O)(=O)Oc2ccccc2N)cc1. The van der Waals surface area contributed by atoms with Crippen LogP contribution in [-0.4, -0.2) is 8.42 Å². The lowest BCUT2D eigenvalue weighted by Crippen LogP contribution is -2.10. The van der Waals surface area contributed by atoms with E-state index in [9.17, 15) is 8.42 Å². The highest BCUT2D eigenvalue weighted by molar-refractivity contribution is 7.87. The van der Waals surface area contributed by atoms with E-state index in [4.69, 9.17) is 9.92 Å². The van der Waals surface area contributed by atoms with Gasteiger partial charge in [0.1, 0.15) is 4.90 Å². The molecule has 0 aromatic heterocycles. The fourth-order valence-electron chi connectivity index (χ4n) is 1.43. The number of nitrogens with two attached hydrogens (primary N) is 1. The van der Waals surface area contributed by atoms with Crippen LogP contribution in [0.25, 0.3) is 0 Å². The Morgan fingerprint density at radius 1 is 1.00 bits per heavy atom. The summed E-state index contributed by atoms with van der Waals surface area (Å²) < 4.78 is 29.0. The molecule has 0 saturated heterocycles. The number of nitrogen functional groups attached to an aromatic ring is 1. The molecule has 0 radical (unpaired) electrons. The molecule has 5 heteroatoms. The Morgan fingerprint density at radius 3 is 2.22 bits per heavy atom. The summed E-state index contributed by atoms with van der Waals surface area (Å²) in [5.74, 6) is 0.137. The molecule has 0 fully saturated rings. The molecule has 18 heavy (non-hydrogen) atoms. The Hall–Kier alpha value is -2.01. The van der Waals surface area contributed by atoms with Gasteiger partial charge in [-0.1, -0.05) is 29.8 Å². The third-order valence-corrected chi connectivity index (χ3v) is 3.68. The molecule has 0 heterocycles. The lowest BCUT2D eigenvalue weighted by atomic mass is 10.2. The molecule has 2 N–H and O–H groups in total. The Bertz CT molecular complexity index is 648. The van der Waals surface area contributed by atoms with Crippen LogP contribution in [-0.2, 0) is 10.1 Å². The maximum absolute atomic E-state index is 12.0. The number of para-hydroxylation sites is 2. The summed E-state index contributed by atoms with van der Waals surface area (Å²) in [4.78, 5) is 0.108. The van der Waals surface area contributed by atoms with Crippen LogP contribution in [0.5, 0.6) is 5.75 Å². The predicted molar refractivity (Wildman–Crippen MR) is 69.8 cm³/mol. The number of aryl methyl sites for hydroxylation is 1. The third-order valence-electron chi connectivity index (χ3n) is 2.43. The molecule has 0 aliphatic carbocycles. The molecular weight excluding hydrogens is 250 g/mol. The molecule has 94 valence electrons. The van der Waals surface area contributed by atoms with Gasteiger partial charge in [-0.15, -0.1) is 0 Å². The van der Waals surface area contributed by atoms with E-state index in [1.165, 1.54) is 18.2 Å². The van der Waals surface area contributed by atoms with Crippen LogP contribution in [0.3, 0.4) is 0 Å². The molecule has 2 aromatic rings. The van der Waals surface area contributed by atoms with E-state index < -0.39 is 10.1 Å². The molecule has 0 amide bonds. The van der Waals surface area contributed by atoms with Crippen molar-refractivity contribution in [2.75, 3.05) is 5.73 Å². The van der Waals surface area contributed by atoms with E-state index in [1.807, 2.05) is 6.92 Å². The summed E-state index contributed by atoms with van der Waals surface area (Å²) in [6.45, 7) is 1.88. The number of anilines is 1. The first-order valence-corrected chi connectivity index (χ1v) is 6.75. The molecule has 0 unspecified atom stereocenters. The number of hydrogen-bond donors (Lipinski definition) is 1. The van der Waals surface area contributed by atoms with Crippen LogP contribution in [0.4, 0.5) is 5.69 Å². The van der Waals surface area contributed by atoms with Crippen LogP contribution in [0, 0.1) is 6.92 Å². The standard InChI is InChI=1S/C13H13NO3S/c1-10-6-8-11(9-7-10)18(15,16)17-13-5-3-2-4-12(13)14/h2-9H,14H2,1H3. The normalized spacial score (nSPS) is 11.2. The van der Waals surface area contributed by atoms with Crippen molar-refractivity contribution in [3.63, 3.8) is 0 Å². The monoisotopic (exact) mass is 263 g/mol. The van der Waals surface area contributed by atoms with E-state index in [-0.39, 0.29) is 16.3 Å². The lowest BCUT2D eigenvalue weighted by Gasteiger charge is -2.08. The molecule has 0 aliphatic rings. The van der Waals surface area contributed by atoms with Gasteiger partial charge in [0.05, 0.1) is 5.69 Å². The van der Waals surface area contributed by atoms with Crippen LogP contribution in [0.15, 0.2) is 53.4 Å². The minimum Gasteiger partial charge on any atom is -0.396 e. The molecule has 0 spiro atoms. The van der Waals surface area contributed by atoms with E-state index in [0.717, 1.165) is 5.56 Å². The van der Waals surface area contributed by atoms with Crippen molar-refractivity contribution in [2.24, 2.45) is 0 Å². The van der Waals surface area contributed by atoms with E-state index in [2.05, 4.69) is 0 Å². The van der Waals surface area contributed by atoms with Crippen LogP contribution in [0.2, 0.25) is 0 Å². The van der Waals surface area contributed by atoms with Crippen molar-refractivity contribution in [3.05, 3.63) is 54.1 Å². The van der Waals surface area contributed by atoms with E-state index in [0.29, 0.717) is 0 Å². The minimum absolute atomic E-state index is 0.108. The average molecular weight is 263 g/mol. The van der Waals surface area contributed by atoms with Gasteiger partial charge in [0.25, 0.3) is 0 Å². The quantitative estimate of drug-likeness (QED) is 0.681. The van der Waals surface area contributed by atoms with Gasteiger partial charge in [-0.05, 0) is 31.2 Å². The van der Waals surface area contributed by atoms with Gasteiger partial charge in [-0.3, -0.25) is 0 Å². The topological polar surface area (TPSA) is 69.4 Å². The third kappa shape index (κ3) is 2.62. The van der Waals surface area contributed by atoms with Gasteiger partial charge in [0.15, 0.2) is 5.75 Å². The molecule has 4 nitrogen and oxygen atoms in total. The average Bonchev–Trinajstić information content (AvgIpc) is 2.32. The van der Waals surface area contributed by atoms with Crippen molar-refractivity contribution in [2.45, 2.75) is 11.8 Å². The van der Waals surface area contributed by atoms with E-state index >= 15 is 0 Å². The summed E-state index contributed by atoms with van der Waals surface area (Å²) in [6.07, 6.45) is 0. The molecule has 0 aliphatic heterocycles. The van der Waals surface area contributed by atoms with Crippen molar-refractivity contribution in [1.82, 2.24) is 0 Å². The van der Waals surface area contributed by atoms with E-state index in [1.54, 1.807) is 30.3 Å². The number of rotatable bonds is 3. The second-order valence-electron chi connectivity index (χ2n) is 3.89. The Kier molecular flexibility index (Phi) is 3.25. The van der Waals surface area contributed by atoms with Crippen molar-refractivity contribution in [3.8, 4) is 5.75 Å². The first-order valence-electron chi connectivity index (χ1n) is 5.35. The maximum atomic E-state index is 12.0. The highest BCUT2D eigenvalue weighted by Gasteiger charge is 2.17. The second kappa shape index (κ2) is 4.70. The predicted octanol–water partition coefficient (Wildman–Crippen LogP) is 2.34. The molecular formula is C13H13NO3S. The second-order valence-corrected chi connectivity index (χ2v) is 5.43. The summed E-state index contributed by atoms with van der Waals surface area (Å²) in [5, 5.41) is 0. The van der Waals surface area contributed by atoms with Crippen LogP contribution in [0.1, 0.15) is 5.56 Å². The Morgan fingerprint density at radius 2 is 1.61 bits per heavy atom. The van der Waals surface area contributed by atoms with Gasteiger partial charge < -0.3 is 9.92 Å². The minimum atomic E-state index is -3.83. The summed E-state index contributed by atoms with van der Waals surface area (Å²) in [5.41, 5.74) is 6.91. The highest BCUT2D eigenvalue weighted by atomic mass is 32.2. The lowest BCUT2D eigenvalue weighted by molar-refractivity contribution is 0.487. The molecule has 2 aromatic carbocycles. The van der Waals surface area contributed by atoms with Crippen LogP contribution >= 0.6 is 0 Å². The molecule has 2 rings (SSSR count). The van der Waals surface area contributed by atoms with Gasteiger partial charge in [0, 0.05) is 0 Å². The Balaban J connectivity index is 2.33. The molecule has 0 bridgehead atoms. The molecule has 0 saturated carbocycles. The van der Waals surface area contributed by atoms with Crippen molar-refractivity contribution < 1.29 is 12.6 Å². The smallest absolute Gasteiger partial charge is 0.339 e. The summed E-state index contributed by atoms with van der Waals surface area (Å²) in [6, 6.07) is 12.9. The number of benzene rings is 2. The van der Waals surface area contributed by atoms with Crippen molar-refractivity contribution >= 4 is 15.8 Å². The summed E-state index contributed by atoms with van der Waals surface area (Å²) in [7, 11) is -3.83. The molecule has 0 atom stereocenters. The zero-order chi connectivity index (χ0) is 13.2. The maximum Gasteiger partial charge on any atom is 0.339 e. The van der Waals surface area contributed by atoms with Crippen molar-refractivity contribution in [1.29, 1.82) is 0 Å². The fourth-order valence-corrected chi connectivity index (χ4v) is 2.38. The summed E-state index contributed by atoms with van der Waals surface area (Å²) >= 11 is 0. The zero-order valence-electron chi connectivity index (χ0n) is 9.83. The number of hydrogen-bond acceptors (Lipinski definition) is 4. The first-order chi connectivity index (χ1) is 8.49. The highest BCUT2D eigenvalue weighted by Crippen LogP contribution is 2.24.